The first-order chi connectivity index (χ1) is 16.6. The molecule has 1 saturated heterocycles. The number of nitrogens with one attached hydrogen (secondary N) is 1. The van der Waals surface area contributed by atoms with Gasteiger partial charge in [-0.1, -0.05) is 19.1 Å². The smallest absolute Gasteiger partial charge is 0.231 e. The number of para-hydroxylation sites is 2. The quantitative estimate of drug-likeness (QED) is 0.452. The molecule has 34 heavy (non-hydrogen) atoms. The monoisotopic (exact) mass is 459 g/mol. The number of anilines is 1. The number of benzene rings is 1. The highest BCUT2D eigenvalue weighted by Crippen LogP contribution is 2.33. The minimum Gasteiger partial charge on any atom is -0.436 e. The van der Waals surface area contributed by atoms with Crippen molar-refractivity contribution in [2.24, 2.45) is 0 Å². The predicted octanol–water partition coefficient (Wildman–Crippen LogP) is 3.63. The van der Waals surface area contributed by atoms with Gasteiger partial charge in [-0.15, -0.1) is 0 Å². The molecule has 1 aliphatic rings. The van der Waals surface area contributed by atoms with E-state index in [2.05, 4.69) is 21.5 Å². The number of fused-ring (bicyclic) bond motifs is 1. The summed E-state index contributed by atoms with van der Waals surface area (Å²) in [5.74, 6) is 1.03. The second-order valence-corrected chi connectivity index (χ2v) is 8.61. The lowest BCUT2D eigenvalue weighted by Gasteiger charge is -2.32. The van der Waals surface area contributed by atoms with Gasteiger partial charge in [0.15, 0.2) is 5.58 Å². The van der Waals surface area contributed by atoms with Crippen molar-refractivity contribution in [2.45, 2.75) is 38.8 Å². The maximum absolute atomic E-state index is 12.0. The number of oxazole rings is 1. The van der Waals surface area contributed by atoms with E-state index in [4.69, 9.17) is 15.2 Å². The number of nitrogens with zero attached hydrogens (tertiary/aromatic N) is 5. The average molecular weight is 460 g/mol. The molecule has 0 spiro atoms. The molecule has 0 bridgehead atoms. The van der Waals surface area contributed by atoms with Gasteiger partial charge >= 0.3 is 0 Å². The van der Waals surface area contributed by atoms with Crippen LogP contribution in [-0.2, 0) is 11.3 Å². The van der Waals surface area contributed by atoms with Gasteiger partial charge in [-0.3, -0.25) is 9.48 Å². The first kappa shape index (κ1) is 22.1. The number of piperidine rings is 1. The zero-order valence-electron chi connectivity index (χ0n) is 19.5. The van der Waals surface area contributed by atoms with Crippen LogP contribution in [0, 0.1) is 0 Å². The van der Waals surface area contributed by atoms with Gasteiger partial charge in [-0.25, -0.2) is 9.97 Å². The van der Waals surface area contributed by atoms with Gasteiger partial charge in [0.1, 0.15) is 11.3 Å². The van der Waals surface area contributed by atoms with Gasteiger partial charge in [-0.05, 0) is 38.1 Å². The van der Waals surface area contributed by atoms with Crippen molar-refractivity contribution in [3.8, 4) is 22.6 Å². The molecule has 0 saturated carbocycles. The fraction of sp³-hybridized carbons (Fsp3) is 0.360. The molecule has 0 atom stereocenters. The van der Waals surface area contributed by atoms with Crippen molar-refractivity contribution in [3.63, 3.8) is 0 Å². The maximum atomic E-state index is 12.0. The van der Waals surface area contributed by atoms with Gasteiger partial charge in [0.25, 0.3) is 0 Å². The molecule has 3 N–H and O–H groups in total. The van der Waals surface area contributed by atoms with Gasteiger partial charge in [0.2, 0.25) is 11.8 Å². The fourth-order valence-electron chi connectivity index (χ4n) is 4.54. The van der Waals surface area contributed by atoms with Gasteiger partial charge < -0.3 is 20.4 Å². The summed E-state index contributed by atoms with van der Waals surface area (Å²) in [7, 11) is 1.91. The minimum atomic E-state index is 0.218. The number of hydrogen-bond donors (Lipinski definition) is 2. The molecule has 1 amide bonds. The van der Waals surface area contributed by atoms with Crippen LogP contribution in [0.1, 0.15) is 37.9 Å². The number of nitrogens with two attached hydrogens (primary N) is 1. The average Bonchev–Trinajstić information content (AvgIpc) is 3.49. The number of rotatable bonds is 6. The van der Waals surface area contributed by atoms with E-state index in [9.17, 15) is 4.79 Å². The van der Waals surface area contributed by atoms with Gasteiger partial charge in [0.05, 0.1) is 17.3 Å². The summed E-state index contributed by atoms with van der Waals surface area (Å²) in [6.07, 6.45) is 6.18. The van der Waals surface area contributed by atoms with Crippen molar-refractivity contribution in [2.75, 3.05) is 25.9 Å². The Morgan fingerprint density at radius 1 is 1.24 bits per heavy atom. The Morgan fingerprint density at radius 2 is 2.03 bits per heavy atom. The van der Waals surface area contributed by atoms with Crippen LogP contribution in [0.25, 0.3) is 33.7 Å². The highest BCUT2D eigenvalue weighted by molar-refractivity contribution is 5.81. The number of carbonyl (C=O) groups excluding carboxylic acids is 1. The number of carbonyl (C=O) groups is 1. The molecule has 176 valence electrons. The van der Waals surface area contributed by atoms with Crippen LogP contribution in [0.5, 0.6) is 0 Å². The molecule has 9 nitrogen and oxygen atoms in total. The first-order valence-corrected chi connectivity index (χ1v) is 11.7. The van der Waals surface area contributed by atoms with Crippen LogP contribution in [0.4, 0.5) is 5.82 Å². The number of amides is 1. The van der Waals surface area contributed by atoms with E-state index < -0.39 is 0 Å². The van der Waals surface area contributed by atoms with E-state index in [0.29, 0.717) is 35.8 Å². The summed E-state index contributed by atoms with van der Waals surface area (Å²) >= 11 is 0. The molecule has 0 unspecified atom stereocenters. The topological polar surface area (TPSA) is 115 Å². The van der Waals surface area contributed by atoms with E-state index >= 15 is 0 Å². The molecular weight excluding hydrogens is 430 g/mol. The standard InChI is InChI=1S/C25H29N7O2/c1-3-23(33)31-10-8-17(9-11-31)32-15-19(21(30-32)14-27-2)16-12-18(24(26)28-13-16)25-29-20-6-4-5-7-22(20)34-25/h4-7,12-13,15,17,27H,3,8-11,14H2,1-2H3,(H2,26,28). The molecule has 0 aliphatic carbocycles. The fourth-order valence-corrected chi connectivity index (χ4v) is 4.54. The molecule has 5 rings (SSSR count). The Bertz CT molecular complexity index is 1290. The zero-order valence-corrected chi connectivity index (χ0v) is 19.5. The third kappa shape index (κ3) is 4.14. The lowest BCUT2D eigenvalue weighted by Crippen LogP contribution is -2.38. The summed E-state index contributed by atoms with van der Waals surface area (Å²) in [5, 5.41) is 8.11. The van der Waals surface area contributed by atoms with Gasteiger partial charge in [0, 0.05) is 49.6 Å². The summed E-state index contributed by atoms with van der Waals surface area (Å²) in [4.78, 5) is 23.0. The lowest BCUT2D eigenvalue weighted by molar-refractivity contribution is -0.132. The molecule has 1 aliphatic heterocycles. The highest BCUT2D eigenvalue weighted by atomic mass is 16.3. The van der Waals surface area contributed by atoms with Crippen molar-refractivity contribution < 1.29 is 9.21 Å². The van der Waals surface area contributed by atoms with E-state index in [0.717, 1.165) is 48.3 Å². The van der Waals surface area contributed by atoms with Crippen molar-refractivity contribution in [1.82, 2.24) is 30.0 Å². The van der Waals surface area contributed by atoms with E-state index in [-0.39, 0.29) is 11.9 Å². The zero-order chi connectivity index (χ0) is 23.7. The van der Waals surface area contributed by atoms with Crippen molar-refractivity contribution >= 4 is 22.8 Å². The molecule has 4 heterocycles. The molecular formula is C25H29N7O2. The van der Waals surface area contributed by atoms with Crippen LogP contribution in [0.15, 0.2) is 47.1 Å². The SMILES string of the molecule is CCC(=O)N1CCC(n2cc(-c3cnc(N)c(-c4nc5ccccc5o4)c3)c(CNC)n2)CC1. The Labute approximate surface area is 198 Å². The Morgan fingerprint density at radius 3 is 2.76 bits per heavy atom. The first-order valence-electron chi connectivity index (χ1n) is 11.7. The van der Waals surface area contributed by atoms with Crippen LogP contribution >= 0.6 is 0 Å². The third-order valence-electron chi connectivity index (χ3n) is 6.40. The maximum Gasteiger partial charge on any atom is 0.231 e. The van der Waals surface area contributed by atoms with E-state index in [1.807, 2.05) is 53.9 Å². The summed E-state index contributed by atoms with van der Waals surface area (Å²) in [6.45, 7) is 4.06. The number of aromatic nitrogens is 4. The highest BCUT2D eigenvalue weighted by Gasteiger charge is 2.25. The summed E-state index contributed by atoms with van der Waals surface area (Å²) in [6, 6.07) is 9.85. The Kier molecular flexibility index (Phi) is 6.02. The number of hydrogen-bond acceptors (Lipinski definition) is 7. The molecule has 1 fully saturated rings. The van der Waals surface area contributed by atoms with Crippen LogP contribution < -0.4 is 11.1 Å². The normalized spacial score (nSPS) is 14.7. The Balaban J connectivity index is 1.47. The summed E-state index contributed by atoms with van der Waals surface area (Å²) in [5.41, 5.74) is 11.2. The lowest BCUT2D eigenvalue weighted by atomic mass is 10.0. The molecule has 0 radical (unpaired) electrons. The third-order valence-corrected chi connectivity index (χ3v) is 6.40. The van der Waals surface area contributed by atoms with Crippen molar-refractivity contribution in [3.05, 3.63) is 48.4 Å². The summed E-state index contributed by atoms with van der Waals surface area (Å²) < 4.78 is 7.99. The number of likely N-dealkylation sites (tertiary alicyclic amines) is 1. The molecule has 1 aromatic carbocycles. The Hall–Kier alpha value is -3.72. The molecule has 3 aromatic heterocycles. The molecule has 4 aromatic rings. The van der Waals surface area contributed by atoms with Gasteiger partial charge in [-0.2, -0.15) is 5.10 Å². The second kappa shape index (κ2) is 9.26. The second-order valence-electron chi connectivity index (χ2n) is 8.61. The van der Waals surface area contributed by atoms with Crippen molar-refractivity contribution in [1.29, 1.82) is 0 Å². The van der Waals surface area contributed by atoms with E-state index in [1.54, 1.807) is 6.20 Å². The van der Waals surface area contributed by atoms with Crippen LogP contribution in [0.2, 0.25) is 0 Å². The molecule has 9 heteroatoms. The van der Waals surface area contributed by atoms with Crippen LogP contribution in [0.3, 0.4) is 0 Å². The number of pyridine rings is 1. The van der Waals surface area contributed by atoms with Crippen LogP contribution in [-0.4, -0.2) is 50.7 Å². The number of nitrogen functional groups attached to an aromatic ring is 1. The minimum absolute atomic E-state index is 0.218. The largest absolute Gasteiger partial charge is 0.436 e. The van der Waals surface area contributed by atoms with E-state index in [1.165, 1.54) is 0 Å². The predicted molar refractivity (Wildman–Crippen MR) is 131 cm³/mol.